The Kier molecular flexibility index (Phi) is 4.78. The molecule has 0 heterocycles. The molecule has 0 aliphatic carbocycles. The molecular weight excluding hydrogens is 244 g/mol. The van der Waals surface area contributed by atoms with Crippen molar-refractivity contribution in [2.45, 2.75) is 12.8 Å². The summed E-state index contributed by atoms with van der Waals surface area (Å²) < 4.78 is 0. The predicted octanol–water partition coefficient (Wildman–Crippen LogP) is 1.72. The van der Waals surface area contributed by atoms with Gasteiger partial charge in [0.25, 0.3) is 0 Å². The van der Waals surface area contributed by atoms with Crippen molar-refractivity contribution in [1.29, 1.82) is 0 Å². The smallest absolute Gasteiger partial charge is 0.303 e. The molecule has 1 aromatic rings. The van der Waals surface area contributed by atoms with E-state index < -0.39 is 11.9 Å². The number of carboxylic acid groups (broad SMARTS) is 1. The van der Waals surface area contributed by atoms with Crippen LogP contribution in [0.15, 0.2) is 18.2 Å². The summed E-state index contributed by atoms with van der Waals surface area (Å²) in [6.45, 7) is 0.502. The van der Waals surface area contributed by atoms with Gasteiger partial charge in [0.15, 0.2) is 0 Å². The number of carbonyl (C=O) groups excluding carboxylic acids is 1. The number of rotatable bonds is 6. The lowest BCUT2D eigenvalue weighted by Crippen LogP contribution is -2.11. The number of nitrogens with one attached hydrogen (secondary N) is 1. The third kappa shape index (κ3) is 4.32. The fourth-order valence-electron chi connectivity index (χ4n) is 1.27. The Hall–Kier alpha value is -1.75. The molecule has 0 fully saturated rings. The summed E-state index contributed by atoms with van der Waals surface area (Å²) >= 11 is 5.93. The van der Waals surface area contributed by atoms with Crippen molar-refractivity contribution in [2.75, 3.05) is 11.9 Å². The lowest BCUT2D eigenvalue weighted by Gasteiger charge is -2.08. The second-order valence-corrected chi connectivity index (χ2v) is 3.89. The Morgan fingerprint density at radius 2 is 2.12 bits per heavy atom. The monoisotopic (exact) mass is 256 g/mol. The summed E-state index contributed by atoms with van der Waals surface area (Å²) in [5, 5.41) is 11.8. The van der Waals surface area contributed by atoms with Gasteiger partial charge in [-0.3, -0.25) is 9.59 Å². The van der Waals surface area contributed by atoms with Crippen LogP contribution in [0.1, 0.15) is 23.2 Å². The number of carbonyl (C=O) groups is 2. The van der Waals surface area contributed by atoms with E-state index >= 15 is 0 Å². The Bertz CT molecular complexity index is 435. The van der Waals surface area contributed by atoms with Gasteiger partial charge in [-0.2, -0.15) is 0 Å². The van der Waals surface area contributed by atoms with Crippen molar-refractivity contribution in [3.63, 3.8) is 0 Å². The summed E-state index contributed by atoms with van der Waals surface area (Å²) in [6, 6.07) is 4.68. The number of primary amides is 1. The van der Waals surface area contributed by atoms with E-state index in [1.54, 1.807) is 12.1 Å². The molecule has 92 valence electrons. The highest BCUT2D eigenvalue weighted by molar-refractivity contribution is 6.33. The zero-order valence-corrected chi connectivity index (χ0v) is 9.83. The predicted molar refractivity (Wildman–Crippen MR) is 65.3 cm³/mol. The summed E-state index contributed by atoms with van der Waals surface area (Å²) in [5.41, 5.74) is 6.10. The molecule has 0 spiro atoms. The Labute approximate surface area is 104 Å². The third-order valence-corrected chi connectivity index (χ3v) is 2.45. The van der Waals surface area contributed by atoms with Crippen molar-refractivity contribution in [3.8, 4) is 0 Å². The van der Waals surface area contributed by atoms with E-state index in [9.17, 15) is 9.59 Å². The number of aliphatic carboxylic acids is 1. The number of carboxylic acids is 1. The van der Waals surface area contributed by atoms with Crippen LogP contribution in [0.4, 0.5) is 5.69 Å². The first-order chi connectivity index (χ1) is 8.00. The molecule has 0 bridgehead atoms. The lowest BCUT2D eigenvalue weighted by atomic mass is 10.2. The van der Waals surface area contributed by atoms with E-state index in [4.69, 9.17) is 22.4 Å². The molecule has 4 N–H and O–H groups in total. The molecule has 0 aliphatic heterocycles. The Morgan fingerprint density at radius 3 is 2.65 bits per heavy atom. The SMILES string of the molecule is NC(=O)c1ccc(NCCCC(=O)O)c(Cl)c1. The van der Waals surface area contributed by atoms with Gasteiger partial charge in [0.05, 0.1) is 10.7 Å². The average Bonchev–Trinajstić information content (AvgIpc) is 2.25. The maximum atomic E-state index is 10.9. The van der Waals surface area contributed by atoms with Crippen molar-refractivity contribution in [3.05, 3.63) is 28.8 Å². The van der Waals surface area contributed by atoms with Gasteiger partial charge in [-0.1, -0.05) is 11.6 Å². The van der Waals surface area contributed by atoms with Crippen LogP contribution in [0.5, 0.6) is 0 Å². The van der Waals surface area contributed by atoms with Crippen molar-refractivity contribution >= 4 is 29.2 Å². The molecule has 0 aromatic heterocycles. The van der Waals surface area contributed by atoms with Crippen LogP contribution in [0.3, 0.4) is 0 Å². The molecule has 0 saturated carbocycles. The number of anilines is 1. The van der Waals surface area contributed by atoms with Crippen LogP contribution in [-0.2, 0) is 4.79 Å². The molecule has 0 unspecified atom stereocenters. The molecule has 0 atom stereocenters. The quantitative estimate of drug-likeness (QED) is 0.676. The zero-order valence-electron chi connectivity index (χ0n) is 9.07. The van der Waals surface area contributed by atoms with Gasteiger partial charge in [-0.05, 0) is 24.6 Å². The second kappa shape index (κ2) is 6.10. The number of hydrogen-bond donors (Lipinski definition) is 3. The number of halogens is 1. The van der Waals surface area contributed by atoms with Gasteiger partial charge in [0, 0.05) is 18.5 Å². The fraction of sp³-hybridized carbons (Fsp3) is 0.273. The van der Waals surface area contributed by atoms with E-state index in [0.29, 0.717) is 29.2 Å². The standard InChI is InChI=1S/C11H13ClN2O3/c12-8-6-7(11(13)17)3-4-9(8)14-5-1-2-10(15)16/h3-4,6,14H,1-2,5H2,(H2,13,17)(H,15,16). The molecule has 1 aromatic carbocycles. The topological polar surface area (TPSA) is 92.4 Å². The number of benzene rings is 1. The first-order valence-corrected chi connectivity index (χ1v) is 5.43. The van der Waals surface area contributed by atoms with Gasteiger partial charge >= 0.3 is 5.97 Å². The minimum Gasteiger partial charge on any atom is -0.481 e. The van der Waals surface area contributed by atoms with E-state index in [1.165, 1.54) is 6.07 Å². The summed E-state index contributed by atoms with van der Waals surface area (Å²) in [6.07, 6.45) is 0.604. The molecule has 5 nitrogen and oxygen atoms in total. The first-order valence-electron chi connectivity index (χ1n) is 5.05. The van der Waals surface area contributed by atoms with Crippen LogP contribution in [0.25, 0.3) is 0 Å². The van der Waals surface area contributed by atoms with Crippen LogP contribution in [0, 0.1) is 0 Å². The minimum absolute atomic E-state index is 0.101. The normalized spacial score (nSPS) is 9.94. The van der Waals surface area contributed by atoms with Crippen LogP contribution < -0.4 is 11.1 Å². The number of hydrogen-bond acceptors (Lipinski definition) is 3. The van der Waals surface area contributed by atoms with Gasteiger partial charge in [0.2, 0.25) is 5.91 Å². The maximum Gasteiger partial charge on any atom is 0.303 e. The molecule has 17 heavy (non-hydrogen) atoms. The zero-order chi connectivity index (χ0) is 12.8. The van der Waals surface area contributed by atoms with Crippen molar-refractivity contribution in [1.82, 2.24) is 0 Å². The third-order valence-electron chi connectivity index (χ3n) is 2.14. The van der Waals surface area contributed by atoms with Gasteiger partial charge in [-0.25, -0.2) is 0 Å². The van der Waals surface area contributed by atoms with Gasteiger partial charge in [0.1, 0.15) is 0 Å². The van der Waals surface area contributed by atoms with E-state index in [2.05, 4.69) is 5.32 Å². The van der Waals surface area contributed by atoms with Crippen LogP contribution in [0.2, 0.25) is 5.02 Å². The first kappa shape index (κ1) is 13.3. The lowest BCUT2D eigenvalue weighted by molar-refractivity contribution is -0.137. The molecule has 1 amide bonds. The average molecular weight is 257 g/mol. The van der Waals surface area contributed by atoms with E-state index in [1.807, 2.05) is 0 Å². The highest BCUT2D eigenvalue weighted by Gasteiger charge is 2.05. The molecule has 0 aliphatic rings. The Balaban J connectivity index is 2.54. The summed E-state index contributed by atoms with van der Waals surface area (Å²) in [4.78, 5) is 21.2. The fourth-order valence-corrected chi connectivity index (χ4v) is 1.52. The highest BCUT2D eigenvalue weighted by atomic mass is 35.5. The molecule has 6 heteroatoms. The van der Waals surface area contributed by atoms with E-state index in [-0.39, 0.29) is 6.42 Å². The number of amides is 1. The largest absolute Gasteiger partial charge is 0.481 e. The van der Waals surface area contributed by atoms with Crippen molar-refractivity contribution in [2.24, 2.45) is 5.73 Å². The summed E-state index contributed by atoms with van der Waals surface area (Å²) in [5.74, 6) is -1.37. The molecule has 0 saturated heterocycles. The van der Waals surface area contributed by atoms with Gasteiger partial charge in [-0.15, -0.1) is 0 Å². The van der Waals surface area contributed by atoms with Crippen LogP contribution in [-0.4, -0.2) is 23.5 Å². The number of nitrogens with two attached hydrogens (primary N) is 1. The maximum absolute atomic E-state index is 10.9. The second-order valence-electron chi connectivity index (χ2n) is 3.48. The van der Waals surface area contributed by atoms with Gasteiger partial charge < -0.3 is 16.2 Å². The molecular formula is C11H13ClN2O3. The minimum atomic E-state index is -0.832. The van der Waals surface area contributed by atoms with Crippen molar-refractivity contribution < 1.29 is 14.7 Å². The molecule has 0 radical (unpaired) electrons. The highest BCUT2D eigenvalue weighted by Crippen LogP contribution is 2.22. The Morgan fingerprint density at radius 1 is 1.41 bits per heavy atom. The van der Waals surface area contributed by atoms with E-state index in [0.717, 1.165) is 0 Å². The van der Waals surface area contributed by atoms with Crippen LogP contribution >= 0.6 is 11.6 Å². The summed E-state index contributed by atoms with van der Waals surface area (Å²) in [7, 11) is 0. The molecule has 1 rings (SSSR count).